The van der Waals surface area contributed by atoms with Gasteiger partial charge in [-0.3, -0.25) is 4.98 Å². The van der Waals surface area contributed by atoms with Crippen LogP contribution in [0.15, 0.2) is 85.1 Å². The van der Waals surface area contributed by atoms with Crippen LogP contribution in [0.3, 0.4) is 0 Å². The zero-order valence-electron chi connectivity index (χ0n) is 16.9. The molecule has 0 N–H and O–H groups in total. The molecule has 2 aromatic heterocycles. The van der Waals surface area contributed by atoms with E-state index in [1.165, 1.54) is 42.0 Å². The van der Waals surface area contributed by atoms with Gasteiger partial charge in [0.1, 0.15) is 0 Å². The predicted molar refractivity (Wildman–Crippen MR) is 131 cm³/mol. The number of aromatic nitrogens is 1. The molecule has 0 atom stereocenters. The molecule has 0 radical (unpaired) electrons. The molecule has 0 amide bonds. The van der Waals surface area contributed by atoms with Gasteiger partial charge in [-0.15, -0.1) is 11.3 Å². The first-order chi connectivity index (χ1) is 14.0. The fourth-order valence-corrected chi connectivity index (χ4v) is 6.57. The van der Waals surface area contributed by atoms with Gasteiger partial charge >= 0.3 is 0 Å². The summed E-state index contributed by atoms with van der Waals surface area (Å²) in [4.78, 5) is 4.90. The Morgan fingerprint density at radius 1 is 0.690 bits per heavy atom. The van der Waals surface area contributed by atoms with Gasteiger partial charge in [0.25, 0.3) is 0 Å². The molecule has 5 rings (SSSR count). The zero-order chi connectivity index (χ0) is 20.0. The van der Waals surface area contributed by atoms with Gasteiger partial charge in [0.15, 0.2) is 0 Å². The van der Waals surface area contributed by atoms with Crippen molar-refractivity contribution in [2.45, 2.75) is 19.6 Å². The Morgan fingerprint density at radius 2 is 1.41 bits per heavy atom. The fraction of sp³-hybridized carbons (Fsp3) is 0.115. The molecule has 0 saturated carbocycles. The lowest BCUT2D eigenvalue weighted by Crippen LogP contribution is -2.39. The summed E-state index contributed by atoms with van der Waals surface area (Å²) in [5, 5.41) is 4.08. The van der Waals surface area contributed by atoms with Gasteiger partial charge in [-0.05, 0) is 34.5 Å². The van der Waals surface area contributed by atoms with Gasteiger partial charge in [-0.25, -0.2) is 0 Å². The largest absolute Gasteiger partial charge is 0.256 e. The second-order valence-electron chi connectivity index (χ2n) is 8.54. The van der Waals surface area contributed by atoms with Crippen molar-refractivity contribution in [1.29, 1.82) is 0 Å². The van der Waals surface area contributed by atoms with E-state index in [1.54, 1.807) is 0 Å². The van der Waals surface area contributed by atoms with Crippen LogP contribution in [0.5, 0.6) is 0 Å². The van der Waals surface area contributed by atoms with E-state index < -0.39 is 8.07 Å². The number of hydrogen-bond donors (Lipinski definition) is 0. The lowest BCUT2D eigenvalue weighted by Gasteiger charge is -2.21. The molecule has 0 aliphatic rings. The third kappa shape index (κ3) is 3.31. The van der Waals surface area contributed by atoms with Crippen molar-refractivity contribution >= 4 is 44.8 Å². The molecule has 142 valence electrons. The Labute approximate surface area is 176 Å². The summed E-state index contributed by atoms with van der Waals surface area (Å²) in [6.07, 6.45) is 2.12. The van der Waals surface area contributed by atoms with Gasteiger partial charge in [0.05, 0.1) is 13.8 Å². The maximum atomic E-state index is 4.90. The smallest absolute Gasteiger partial charge is 0.0804 e. The highest BCUT2D eigenvalue weighted by molar-refractivity contribution is 7.25. The van der Waals surface area contributed by atoms with Crippen LogP contribution in [0.2, 0.25) is 19.6 Å². The second kappa shape index (κ2) is 6.94. The Bertz CT molecular complexity index is 1330. The third-order valence-corrected chi connectivity index (χ3v) is 8.62. The quantitative estimate of drug-likeness (QED) is 0.284. The molecule has 3 heteroatoms. The van der Waals surface area contributed by atoms with Crippen molar-refractivity contribution in [2.24, 2.45) is 0 Å². The van der Waals surface area contributed by atoms with Gasteiger partial charge in [-0.2, -0.15) is 0 Å². The fourth-order valence-electron chi connectivity index (χ4n) is 3.95. The van der Waals surface area contributed by atoms with Crippen LogP contribution in [0.4, 0.5) is 0 Å². The summed E-state index contributed by atoms with van der Waals surface area (Å²) >= 11 is 1.86. The van der Waals surface area contributed by atoms with Crippen LogP contribution >= 0.6 is 11.3 Å². The highest BCUT2D eigenvalue weighted by Crippen LogP contribution is 2.36. The van der Waals surface area contributed by atoms with Crippen molar-refractivity contribution in [2.75, 3.05) is 0 Å². The monoisotopic (exact) mass is 409 g/mol. The van der Waals surface area contributed by atoms with Crippen LogP contribution in [0, 0.1) is 0 Å². The van der Waals surface area contributed by atoms with Gasteiger partial charge in [0, 0.05) is 31.9 Å². The van der Waals surface area contributed by atoms with Crippen molar-refractivity contribution in [3.05, 3.63) is 85.1 Å². The molecule has 1 nitrogen and oxygen atoms in total. The lowest BCUT2D eigenvalue weighted by molar-refractivity contribution is 1.34. The van der Waals surface area contributed by atoms with Gasteiger partial charge in [0.2, 0.25) is 0 Å². The van der Waals surface area contributed by atoms with Crippen LogP contribution in [-0.2, 0) is 0 Å². The minimum Gasteiger partial charge on any atom is -0.256 e. The summed E-state index contributed by atoms with van der Waals surface area (Å²) in [5.74, 6) is 0. The van der Waals surface area contributed by atoms with Crippen molar-refractivity contribution in [3.63, 3.8) is 0 Å². The molecule has 0 spiro atoms. The number of nitrogens with zero attached hydrogens (tertiary/aromatic N) is 1. The van der Waals surface area contributed by atoms with Gasteiger partial charge in [-0.1, -0.05) is 80.3 Å². The molecule has 2 heterocycles. The summed E-state index contributed by atoms with van der Waals surface area (Å²) in [7, 11) is -1.51. The standard InChI is InChI=1S/C26H23NSSi/c1-29(2,3)26-17-27-23(16-22(26)18-9-5-4-6-10-18)19-13-14-21-20-11-7-8-12-24(20)28-25(21)15-19/h4-17H,1-3H3. The Balaban J connectivity index is 1.69. The molecule has 0 aliphatic heterocycles. The maximum absolute atomic E-state index is 4.90. The minimum atomic E-state index is -1.51. The topological polar surface area (TPSA) is 12.9 Å². The second-order valence-corrected chi connectivity index (χ2v) is 14.7. The average molecular weight is 410 g/mol. The molecular weight excluding hydrogens is 386 g/mol. The van der Waals surface area contributed by atoms with Crippen LogP contribution in [-0.4, -0.2) is 13.1 Å². The van der Waals surface area contributed by atoms with E-state index in [0.717, 1.165) is 5.69 Å². The molecule has 3 aromatic carbocycles. The molecule has 0 aliphatic carbocycles. The highest BCUT2D eigenvalue weighted by Gasteiger charge is 2.22. The van der Waals surface area contributed by atoms with E-state index in [9.17, 15) is 0 Å². The van der Waals surface area contributed by atoms with E-state index in [4.69, 9.17) is 4.98 Å². The molecule has 0 saturated heterocycles. The Kier molecular flexibility index (Phi) is 4.38. The average Bonchev–Trinajstić information content (AvgIpc) is 3.11. The van der Waals surface area contributed by atoms with Gasteiger partial charge < -0.3 is 0 Å². The number of hydrogen-bond acceptors (Lipinski definition) is 2. The summed E-state index contributed by atoms with van der Waals surface area (Å²) in [5.41, 5.74) is 4.83. The van der Waals surface area contributed by atoms with E-state index in [1.807, 2.05) is 11.3 Å². The zero-order valence-corrected chi connectivity index (χ0v) is 18.8. The van der Waals surface area contributed by atoms with E-state index in [-0.39, 0.29) is 0 Å². The summed E-state index contributed by atoms with van der Waals surface area (Å²) in [6.45, 7) is 7.16. The predicted octanol–water partition coefficient (Wildman–Crippen LogP) is 7.33. The van der Waals surface area contributed by atoms with Crippen LogP contribution < -0.4 is 5.19 Å². The SMILES string of the molecule is C[Si](C)(C)c1cnc(-c2ccc3c(c2)sc2ccccc23)cc1-c1ccccc1. The molecule has 29 heavy (non-hydrogen) atoms. The molecule has 0 bridgehead atoms. The van der Waals surface area contributed by atoms with Crippen LogP contribution in [0.25, 0.3) is 42.6 Å². The maximum Gasteiger partial charge on any atom is 0.0804 e. The molecule has 0 unspecified atom stereocenters. The highest BCUT2D eigenvalue weighted by atomic mass is 32.1. The van der Waals surface area contributed by atoms with Crippen molar-refractivity contribution < 1.29 is 0 Å². The normalized spacial score (nSPS) is 12.0. The van der Waals surface area contributed by atoms with E-state index in [2.05, 4.69) is 105 Å². The summed E-state index contributed by atoms with van der Waals surface area (Å²) < 4.78 is 2.66. The molecule has 5 aromatic rings. The number of rotatable bonds is 3. The van der Waals surface area contributed by atoms with Crippen molar-refractivity contribution in [1.82, 2.24) is 4.98 Å². The Morgan fingerprint density at radius 3 is 2.21 bits per heavy atom. The summed E-state index contributed by atoms with van der Waals surface area (Å²) in [6, 6.07) is 28.4. The van der Waals surface area contributed by atoms with Crippen molar-refractivity contribution in [3.8, 4) is 22.4 Å². The first-order valence-corrected chi connectivity index (χ1v) is 14.3. The lowest BCUT2D eigenvalue weighted by atomic mass is 10.0. The van der Waals surface area contributed by atoms with Crippen LogP contribution in [0.1, 0.15) is 0 Å². The first kappa shape index (κ1) is 18.3. The minimum absolute atomic E-state index is 1.05. The first-order valence-electron chi connectivity index (χ1n) is 9.98. The number of pyridine rings is 1. The number of fused-ring (bicyclic) bond motifs is 3. The molecule has 0 fully saturated rings. The Hall–Kier alpha value is -2.75. The third-order valence-electron chi connectivity index (χ3n) is 5.47. The number of benzene rings is 3. The van der Waals surface area contributed by atoms with E-state index in [0.29, 0.717) is 0 Å². The van der Waals surface area contributed by atoms with E-state index >= 15 is 0 Å². The molecular formula is C26H23NSSi. The number of thiophene rings is 1.